The maximum Gasteiger partial charge on any atom is 0.226 e. The number of benzene rings is 1. The third-order valence-electron chi connectivity index (χ3n) is 3.43. The fourth-order valence-electron chi connectivity index (χ4n) is 2.21. The highest BCUT2D eigenvalue weighted by Gasteiger charge is 2.09. The quantitative estimate of drug-likeness (QED) is 0.568. The Labute approximate surface area is 160 Å². The number of thiazole rings is 1. The van der Waals surface area contributed by atoms with Gasteiger partial charge in [0.15, 0.2) is 5.13 Å². The minimum Gasteiger partial charge on any atom is -0.494 e. The Kier molecular flexibility index (Phi) is 6.62. The van der Waals surface area contributed by atoms with Crippen LogP contribution in [0, 0.1) is 0 Å². The zero-order chi connectivity index (χ0) is 18.2. The smallest absolute Gasteiger partial charge is 0.226 e. The maximum atomic E-state index is 12.1. The van der Waals surface area contributed by atoms with E-state index < -0.39 is 0 Å². The van der Waals surface area contributed by atoms with Crippen LogP contribution in [0.15, 0.2) is 59.1 Å². The van der Waals surface area contributed by atoms with Crippen molar-refractivity contribution in [2.24, 2.45) is 0 Å². The highest BCUT2D eigenvalue weighted by Crippen LogP contribution is 2.26. The summed E-state index contributed by atoms with van der Waals surface area (Å²) in [6.45, 7) is 2.60. The molecule has 1 amide bonds. The summed E-state index contributed by atoms with van der Waals surface area (Å²) >= 11 is 2.99. The number of pyridine rings is 1. The molecule has 134 valence electrons. The zero-order valence-corrected chi connectivity index (χ0v) is 16.0. The first-order valence-electron chi connectivity index (χ1n) is 8.27. The SMILES string of the molecule is CCOc1ccc(-c2csc(NC(=O)CCSc3ccccn3)n2)cc1. The first-order chi connectivity index (χ1) is 12.7. The molecule has 0 fully saturated rings. The van der Waals surface area contributed by atoms with E-state index in [0.29, 0.717) is 23.9 Å². The van der Waals surface area contributed by atoms with Gasteiger partial charge in [0, 0.05) is 29.3 Å². The third-order valence-corrected chi connectivity index (χ3v) is 5.13. The molecule has 5 nitrogen and oxygen atoms in total. The fourth-order valence-corrected chi connectivity index (χ4v) is 3.76. The standard InChI is InChI=1S/C19H19N3O2S2/c1-2-24-15-8-6-14(7-9-15)16-13-26-19(21-16)22-17(23)10-12-25-18-5-3-4-11-20-18/h3-9,11,13H,2,10,12H2,1H3,(H,21,22,23). The van der Waals surface area contributed by atoms with Crippen LogP contribution >= 0.6 is 23.1 Å². The molecule has 0 saturated heterocycles. The number of aromatic nitrogens is 2. The molecule has 0 unspecified atom stereocenters. The van der Waals surface area contributed by atoms with E-state index in [0.717, 1.165) is 22.0 Å². The Hall–Kier alpha value is -2.38. The second-order valence-corrected chi connectivity index (χ2v) is 7.28. The van der Waals surface area contributed by atoms with Crippen LogP contribution in [0.2, 0.25) is 0 Å². The number of hydrogen-bond acceptors (Lipinski definition) is 6. The summed E-state index contributed by atoms with van der Waals surface area (Å²) in [4.78, 5) is 20.8. The van der Waals surface area contributed by atoms with E-state index in [9.17, 15) is 4.79 Å². The predicted molar refractivity (Wildman–Crippen MR) is 107 cm³/mol. The molecule has 0 atom stereocenters. The summed E-state index contributed by atoms with van der Waals surface area (Å²) in [7, 11) is 0. The Morgan fingerprint density at radius 1 is 1.23 bits per heavy atom. The van der Waals surface area contributed by atoms with Crippen molar-refractivity contribution in [2.75, 3.05) is 17.7 Å². The minimum atomic E-state index is -0.0407. The number of nitrogens with zero attached hydrogens (tertiary/aromatic N) is 2. The predicted octanol–water partition coefficient (Wildman–Crippen LogP) is 4.72. The molecular weight excluding hydrogens is 366 g/mol. The van der Waals surface area contributed by atoms with E-state index in [1.54, 1.807) is 18.0 Å². The summed E-state index contributed by atoms with van der Waals surface area (Å²) in [6, 6.07) is 13.5. The maximum absolute atomic E-state index is 12.1. The summed E-state index contributed by atoms with van der Waals surface area (Å²) in [5, 5.41) is 6.33. The minimum absolute atomic E-state index is 0.0407. The largest absolute Gasteiger partial charge is 0.494 e. The molecule has 26 heavy (non-hydrogen) atoms. The molecule has 2 heterocycles. The van der Waals surface area contributed by atoms with Crippen LogP contribution in [0.1, 0.15) is 13.3 Å². The van der Waals surface area contributed by atoms with Crippen LogP contribution in [0.25, 0.3) is 11.3 Å². The van der Waals surface area contributed by atoms with Crippen molar-refractivity contribution in [3.8, 4) is 17.0 Å². The highest BCUT2D eigenvalue weighted by molar-refractivity contribution is 7.99. The van der Waals surface area contributed by atoms with Crippen molar-refractivity contribution in [1.82, 2.24) is 9.97 Å². The van der Waals surface area contributed by atoms with Gasteiger partial charge >= 0.3 is 0 Å². The average molecular weight is 386 g/mol. The number of amides is 1. The Morgan fingerprint density at radius 2 is 2.08 bits per heavy atom. The topological polar surface area (TPSA) is 64.1 Å². The number of thioether (sulfide) groups is 1. The van der Waals surface area contributed by atoms with E-state index in [4.69, 9.17) is 4.74 Å². The molecule has 2 aromatic heterocycles. The van der Waals surface area contributed by atoms with Gasteiger partial charge in [-0.05, 0) is 43.3 Å². The van der Waals surface area contributed by atoms with Gasteiger partial charge in [0.05, 0.1) is 17.3 Å². The molecule has 1 N–H and O–H groups in total. The Bertz CT molecular complexity index is 836. The van der Waals surface area contributed by atoms with Gasteiger partial charge in [0.1, 0.15) is 5.75 Å². The Morgan fingerprint density at radius 3 is 2.81 bits per heavy atom. The fraction of sp³-hybridized carbons (Fsp3) is 0.211. The summed E-state index contributed by atoms with van der Waals surface area (Å²) in [6.07, 6.45) is 2.17. The second kappa shape index (κ2) is 9.35. The molecular formula is C19H19N3O2S2. The zero-order valence-electron chi connectivity index (χ0n) is 14.3. The third kappa shape index (κ3) is 5.31. The van der Waals surface area contributed by atoms with E-state index in [1.807, 2.05) is 54.8 Å². The van der Waals surface area contributed by atoms with E-state index in [1.165, 1.54) is 11.3 Å². The van der Waals surface area contributed by atoms with Crippen LogP contribution in [0.5, 0.6) is 5.75 Å². The molecule has 0 radical (unpaired) electrons. The van der Waals surface area contributed by atoms with Crippen LogP contribution in [0.4, 0.5) is 5.13 Å². The number of nitrogens with one attached hydrogen (secondary N) is 1. The van der Waals surface area contributed by atoms with E-state index >= 15 is 0 Å². The van der Waals surface area contributed by atoms with Crippen molar-refractivity contribution < 1.29 is 9.53 Å². The van der Waals surface area contributed by atoms with Gasteiger partial charge in [-0.15, -0.1) is 23.1 Å². The van der Waals surface area contributed by atoms with Crippen LogP contribution in [-0.2, 0) is 4.79 Å². The van der Waals surface area contributed by atoms with E-state index in [2.05, 4.69) is 15.3 Å². The molecule has 0 bridgehead atoms. The number of carbonyl (C=O) groups excluding carboxylic acids is 1. The normalized spacial score (nSPS) is 10.5. The molecule has 7 heteroatoms. The lowest BCUT2D eigenvalue weighted by Crippen LogP contribution is -2.11. The first-order valence-corrected chi connectivity index (χ1v) is 10.1. The van der Waals surface area contributed by atoms with Crippen molar-refractivity contribution in [1.29, 1.82) is 0 Å². The monoisotopic (exact) mass is 385 g/mol. The molecule has 3 rings (SSSR count). The number of hydrogen-bond donors (Lipinski definition) is 1. The molecule has 0 saturated carbocycles. The van der Waals surface area contributed by atoms with Crippen molar-refractivity contribution >= 4 is 34.1 Å². The van der Waals surface area contributed by atoms with Gasteiger partial charge in [-0.2, -0.15) is 0 Å². The van der Waals surface area contributed by atoms with Crippen molar-refractivity contribution in [2.45, 2.75) is 18.4 Å². The summed E-state index contributed by atoms with van der Waals surface area (Å²) in [5.41, 5.74) is 1.84. The van der Waals surface area contributed by atoms with Gasteiger partial charge in [0.2, 0.25) is 5.91 Å². The lowest BCUT2D eigenvalue weighted by Gasteiger charge is -2.03. The van der Waals surface area contributed by atoms with Crippen molar-refractivity contribution in [3.05, 3.63) is 54.0 Å². The molecule has 0 aliphatic rings. The second-order valence-electron chi connectivity index (χ2n) is 5.31. The van der Waals surface area contributed by atoms with Gasteiger partial charge in [-0.1, -0.05) is 6.07 Å². The number of ether oxygens (including phenoxy) is 1. The van der Waals surface area contributed by atoms with Gasteiger partial charge in [-0.25, -0.2) is 9.97 Å². The molecule has 3 aromatic rings. The lowest BCUT2D eigenvalue weighted by atomic mass is 10.2. The van der Waals surface area contributed by atoms with Crippen LogP contribution in [-0.4, -0.2) is 28.2 Å². The Balaban J connectivity index is 1.50. The molecule has 0 aliphatic carbocycles. The molecule has 0 spiro atoms. The molecule has 1 aromatic carbocycles. The van der Waals surface area contributed by atoms with Crippen LogP contribution < -0.4 is 10.1 Å². The van der Waals surface area contributed by atoms with Gasteiger partial charge in [0.25, 0.3) is 0 Å². The van der Waals surface area contributed by atoms with E-state index in [-0.39, 0.29) is 5.91 Å². The van der Waals surface area contributed by atoms with Gasteiger partial charge in [-0.3, -0.25) is 4.79 Å². The number of carbonyl (C=O) groups is 1. The average Bonchev–Trinajstić information content (AvgIpc) is 3.12. The van der Waals surface area contributed by atoms with Gasteiger partial charge < -0.3 is 10.1 Å². The highest BCUT2D eigenvalue weighted by atomic mass is 32.2. The summed E-state index contributed by atoms with van der Waals surface area (Å²) in [5.74, 6) is 1.48. The number of rotatable bonds is 8. The molecule has 0 aliphatic heterocycles. The van der Waals surface area contributed by atoms with Crippen LogP contribution in [0.3, 0.4) is 0 Å². The number of anilines is 1. The van der Waals surface area contributed by atoms with Crippen molar-refractivity contribution in [3.63, 3.8) is 0 Å². The lowest BCUT2D eigenvalue weighted by molar-refractivity contribution is -0.115. The summed E-state index contributed by atoms with van der Waals surface area (Å²) < 4.78 is 5.44. The first kappa shape index (κ1) is 18.4.